The van der Waals surface area contributed by atoms with Gasteiger partial charge in [-0.1, -0.05) is 6.07 Å². The molecule has 1 aromatic heterocycles. The summed E-state index contributed by atoms with van der Waals surface area (Å²) < 4.78 is 17.5. The van der Waals surface area contributed by atoms with E-state index in [1.54, 1.807) is 6.20 Å². The second-order valence-corrected chi connectivity index (χ2v) is 8.15. The van der Waals surface area contributed by atoms with Crippen LogP contribution in [0.15, 0.2) is 66.9 Å². The molecule has 0 radical (unpaired) electrons. The predicted octanol–water partition coefficient (Wildman–Crippen LogP) is 5.23. The van der Waals surface area contributed by atoms with Crippen LogP contribution < -0.4 is 19.5 Å². The van der Waals surface area contributed by atoms with Crippen molar-refractivity contribution in [2.45, 2.75) is 32.7 Å². The Morgan fingerprint density at radius 1 is 1.00 bits per heavy atom. The quantitative estimate of drug-likeness (QED) is 0.475. The van der Waals surface area contributed by atoms with Crippen molar-refractivity contribution in [1.29, 1.82) is 0 Å². The monoisotopic (exact) mass is 432 g/mol. The summed E-state index contributed by atoms with van der Waals surface area (Å²) in [5.41, 5.74) is 1.83. The lowest BCUT2D eigenvalue weighted by molar-refractivity contribution is -0.119. The molecule has 3 aromatic rings. The van der Waals surface area contributed by atoms with Crippen LogP contribution in [-0.4, -0.2) is 30.1 Å². The van der Waals surface area contributed by atoms with Crippen LogP contribution in [-0.2, 0) is 4.79 Å². The van der Waals surface area contributed by atoms with E-state index in [4.69, 9.17) is 14.2 Å². The van der Waals surface area contributed by atoms with Crippen molar-refractivity contribution in [3.8, 4) is 34.3 Å². The third kappa shape index (κ3) is 6.48. The van der Waals surface area contributed by atoms with E-state index in [-0.39, 0.29) is 11.9 Å². The van der Waals surface area contributed by atoms with E-state index < -0.39 is 0 Å². The number of hydrogen-bond donors (Lipinski definition) is 1. The Hall–Kier alpha value is -3.54. The van der Waals surface area contributed by atoms with Gasteiger partial charge in [0.25, 0.3) is 0 Å². The molecule has 1 heterocycles. The molecular formula is C26H28N2O4. The topological polar surface area (TPSA) is 69.7 Å². The molecule has 1 fully saturated rings. The minimum atomic E-state index is -0.0726. The molecule has 1 aliphatic rings. The Balaban J connectivity index is 1.32. The molecule has 166 valence electrons. The predicted molar refractivity (Wildman–Crippen MR) is 123 cm³/mol. The lowest BCUT2D eigenvalue weighted by atomic mass is 10.1. The molecular weight excluding hydrogens is 404 g/mol. The van der Waals surface area contributed by atoms with Gasteiger partial charge in [-0.3, -0.25) is 9.78 Å². The van der Waals surface area contributed by atoms with Crippen LogP contribution in [0.25, 0.3) is 11.3 Å². The molecule has 1 atom stereocenters. The van der Waals surface area contributed by atoms with E-state index in [9.17, 15) is 4.79 Å². The Bertz CT molecular complexity index is 1030. The van der Waals surface area contributed by atoms with Crippen LogP contribution in [0.1, 0.15) is 26.7 Å². The van der Waals surface area contributed by atoms with Crippen molar-refractivity contribution < 1.29 is 19.0 Å². The summed E-state index contributed by atoms with van der Waals surface area (Å²) in [6.45, 7) is 4.55. The lowest BCUT2D eigenvalue weighted by Gasteiger charge is -2.13. The lowest BCUT2D eigenvalue weighted by Crippen LogP contribution is -2.35. The highest BCUT2D eigenvalue weighted by molar-refractivity contribution is 5.73. The number of nitrogens with zero attached hydrogens (tertiary/aromatic N) is 1. The van der Waals surface area contributed by atoms with Crippen LogP contribution in [0.5, 0.6) is 23.0 Å². The number of amides is 1. The van der Waals surface area contributed by atoms with E-state index in [0.717, 1.165) is 35.1 Å². The fraction of sp³-hybridized carbons (Fsp3) is 0.308. The maximum absolute atomic E-state index is 11.1. The first-order valence-corrected chi connectivity index (χ1v) is 10.9. The largest absolute Gasteiger partial charge is 0.493 e. The average molecular weight is 433 g/mol. The number of carbonyl (C=O) groups excluding carboxylic acids is 1. The molecule has 0 spiro atoms. The first kappa shape index (κ1) is 21.7. The number of hydrogen-bond acceptors (Lipinski definition) is 5. The molecule has 6 nitrogen and oxygen atoms in total. The zero-order valence-electron chi connectivity index (χ0n) is 18.4. The second-order valence-electron chi connectivity index (χ2n) is 8.15. The molecule has 2 aromatic carbocycles. The third-order valence-electron chi connectivity index (χ3n) is 5.06. The third-order valence-corrected chi connectivity index (χ3v) is 5.06. The summed E-state index contributed by atoms with van der Waals surface area (Å²) in [5.74, 6) is 3.64. The number of benzene rings is 2. The van der Waals surface area contributed by atoms with Gasteiger partial charge in [-0.2, -0.15) is 0 Å². The second kappa shape index (κ2) is 10.2. The smallest absolute Gasteiger partial charge is 0.217 e. The molecule has 6 heteroatoms. The number of rotatable bonds is 10. The molecule has 1 saturated carbocycles. The molecule has 1 amide bonds. The molecule has 0 aliphatic heterocycles. The molecule has 0 saturated heterocycles. The standard InChI is InChI=1S/C26H28N2O4/c1-18(28-19(2)29)16-30-25-12-13-26(27-15-25)21-8-10-22(11-9-21)32-24-5-3-4-23(14-24)31-17-20-6-7-20/h3-5,8-15,18,20H,6-7,16-17H2,1-2H3,(H,28,29)/t18-/m0/s1. The fourth-order valence-electron chi connectivity index (χ4n) is 3.20. The van der Waals surface area contributed by atoms with Crippen LogP contribution >= 0.6 is 0 Å². The number of aromatic nitrogens is 1. The molecule has 0 unspecified atom stereocenters. The number of ether oxygens (including phenoxy) is 3. The van der Waals surface area contributed by atoms with Gasteiger partial charge in [0.05, 0.1) is 24.5 Å². The van der Waals surface area contributed by atoms with E-state index >= 15 is 0 Å². The SMILES string of the molecule is CC(=O)N[C@@H](C)COc1ccc(-c2ccc(Oc3cccc(OCC4CC4)c3)cc2)nc1. The molecule has 32 heavy (non-hydrogen) atoms. The average Bonchev–Trinajstić information content (AvgIpc) is 3.62. The van der Waals surface area contributed by atoms with Crippen LogP contribution in [0, 0.1) is 5.92 Å². The first-order valence-electron chi connectivity index (χ1n) is 10.9. The van der Waals surface area contributed by atoms with Gasteiger partial charge >= 0.3 is 0 Å². The van der Waals surface area contributed by atoms with Gasteiger partial charge in [0.15, 0.2) is 0 Å². The summed E-state index contributed by atoms with van der Waals surface area (Å²) in [6.07, 6.45) is 4.23. The van der Waals surface area contributed by atoms with Crippen LogP contribution in [0.4, 0.5) is 0 Å². The molecule has 1 aliphatic carbocycles. The minimum absolute atomic E-state index is 0.0647. The maximum atomic E-state index is 11.1. The number of pyridine rings is 1. The highest BCUT2D eigenvalue weighted by Crippen LogP contribution is 2.31. The van der Waals surface area contributed by atoms with Crippen molar-refractivity contribution in [2.24, 2.45) is 5.92 Å². The molecule has 1 N–H and O–H groups in total. The zero-order valence-corrected chi connectivity index (χ0v) is 18.4. The van der Waals surface area contributed by atoms with Crippen LogP contribution in [0.3, 0.4) is 0 Å². The van der Waals surface area contributed by atoms with Crippen molar-refractivity contribution in [2.75, 3.05) is 13.2 Å². The first-order chi connectivity index (χ1) is 15.5. The van der Waals surface area contributed by atoms with E-state index in [0.29, 0.717) is 18.3 Å². The van der Waals surface area contributed by atoms with Gasteiger partial charge in [0, 0.05) is 18.6 Å². The van der Waals surface area contributed by atoms with Crippen molar-refractivity contribution in [1.82, 2.24) is 10.3 Å². The van der Waals surface area contributed by atoms with Gasteiger partial charge in [-0.25, -0.2) is 0 Å². The normalized spacial score (nSPS) is 13.8. The van der Waals surface area contributed by atoms with Gasteiger partial charge in [-0.05, 0) is 74.2 Å². The van der Waals surface area contributed by atoms with Gasteiger partial charge in [0.1, 0.15) is 29.6 Å². The summed E-state index contributed by atoms with van der Waals surface area (Å²) in [5, 5.41) is 2.79. The highest BCUT2D eigenvalue weighted by Gasteiger charge is 2.21. The van der Waals surface area contributed by atoms with Crippen LogP contribution in [0.2, 0.25) is 0 Å². The zero-order chi connectivity index (χ0) is 22.3. The highest BCUT2D eigenvalue weighted by atomic mass is 16.5. The summed E-state index contributed by atoms with van der Waals surface area (Å²) in [7, 11) is 0. The van der Waals surface area contributed by atoms with Gasteiger partial charge in [-0.15, -0.1) is 0 Å². The number of nitrogens with one attached hydrogen (secondary N) is 1. The Kier molecular flexibility index (Phi) is 6.90. The summed E-state index contributed by atoms with van der Waals surface area (Å²) >= 11 is 0. The van der Waals surface area contributed by atoms with Gasteiger partial charge < -0.3 is 19.5 Å². The Labute approximate surface area is 188 Å². The van der Waals surface area contributed by atoms with Crippen molar-refractivity contribution >= 4 is 5.91 Å². The molecule has 0 bridgehead atoms. The van der Waals surface area contributed by atoms with E-state index in [1.807, 2.05) is 67.6 Å². The van der Waals surface area contributed by atoms with E-state index in [2.05, 4.69) is 10.3 Å². The minimum Gasteiger partial charge on any atom is -0.493 e. The maximum Gasteiger partial charge on any atom is 0.217 e. The summed E-state index contributed by atoms with van der Waals surface area (Å²) in [4.78, 5) is 15.5. The summed E-state index contributed by atoms with van der Waals surface area (Å²) in [6, 6.07) is 19.3. The Morgan fingerprint density at radius 3 is 2.44 bits per heavy atom. The fourth-order valence-corrected chi connectivity index (χ4v) is 3.20. The molecule has 4 rings (SSSR count). The van der Waals surface area contributed by atoms with Crippen molar-refractivity contribution in [3.05, 3.63) is 66.9 Å². The van der Waals surface area contributed by atoms with Gasteiger partial charge in [0.2, 0.25) is 5.91 Å². The number of carbonyl (C=O) groups is 1. The van der Waals surface area contributed by atoms with Crippen molar-refractivity contribution in [3.63, 3.8) is 0 Å². The van der Waals surface area contributed by atoms with E-state index in [1.165, 1.54) is 19.8 Å². The Morgan fingerprint density at radius 2 is 1.75 bits per heavy atom.